The average Bonchev–Trinajstić information content (AvgIpc) is 2.91. The first kappa shape index (κ1) is 14.4. The minimum absolute atomic E-state index is 0.254. The normalized spacial score (nSPS) is 16.4. The monoisotopic (exact) mass is 321 g/mol. The molecule has 21 heavy (non-hydrogen) atoms. The minimum atomic E-state index is 0.254. The van der Waals surface area contributed by atoms with E-state index in [-0.39, 0.29) is 6.04 Å². The van der Waals surface area contributed by atoms with Gasteiger partial charge in [-0.25, -0.2) is 0 Å². The zero-order valence-corrected chi connectivity index (χ0v) is 13.4. The highest BCUT2D eigenvalue weighted by atomic mass is 35.5. The van der Waals surface area contributed by atoms with Gasteiger partial charge in [0.15, 0.2) is 0 Å². The molecule has 1 atom stereocenters. The zero-order chi connectivity index (χ0) is 14.8. The highest BCUT2D eigenvalue weighted by Crippen LogP contribution is 2.42. The van der Waals surface area contributed by atoms with Crippen molar-refractivity contribution in [1.82, 2.24) is 0 Å². The van der Waals surface area contributed by atoms with E-state index >= 15 is 0 Å². The quantitative estimate of drug-likeness (QED) is 0.890. The third kappa shape index (κ3) is 2.78. The molecule has 2 aromatic rings. The maximum absolute atomic E-state index is 6.22. The molecule has 0 aromatic heterocycles. The first-order valence-corrected chi connectivity index (χ1v) is 7.99. The van der Waals surface area contributed by atoms with Gasteiger partial charge in [0.05, 0.1) is 31.0 Å². The maximum Gasteiger partial charge on any atom is 0.145 e. The smallest absolute Gasteiger partial charge is 0.145 e. The topological polar surface area (TPSA) is 30.5 Å². The number of methoxy groups -OCH3 is 2. The van der Waals surface area contributed by atoms with Crippen molar-refractivity contribution in [2.24, 2.45) is 0 Å². The van der Waals surface area contributed by atoms with Crippen LogP contribution in [0.1, 0.15) is 11.6 Å². The third-order valence-electron chi connectivity index (χ3n) is 3.50. The van der Waals surface area contributed by atoms with Crippen LogP contribution in [0.4, 0.5) is 5.69 Å². The molecule has 0 fully saturated rings. The fraction of sp³-hybridized carbons (Fsp3) is 0.250. The Labute approximate surface area is 133 Å². The van der Waals surface area contributed by atoms with Gasteiger partial charge in [-0.3, -0.25) is 0 Å². The van der Waals surface area contributed by atoms with Crippen LogP contribution in [0.25, 0.3) is 0 Å². The number of rotatable bonds is 4. The first-order valence-electron chi connectivity index (χ1n) is 6.62. The molecule has 3 nitrogen and oxygen atoms in total. The van der Waals surface area contributed by atoms with Crippen molar-refractivity contribution in [3.05, 3.63) is 47.0 Å². The standard InChI is InChI=1S/C16H16ClNO2S/c1-19-14-8-15(20-2)12(7-11(14)17)18-13-9-21-16-6-4-3-5-10(13)16/h3-8,13,18H,9H2,1-2H3. The van der Waals surface area contributed by atoms with Crippen LogP contribution in [-0.4, -0.2) is 20.0 Å². The molecule has 1 unspecified atom stereocenters. The second-order valence-corrected chi connectivity index (χ2v) is 6.20. The molecular weight excluding hydrogens is 306 g/mol. The van der Waals surface area contributed by atoms with Crippen molar-refractivity contribution >= 4 is 29.1 Å². The number of thioether (sulfide) groups is 1. The highest BCUT2D eigenvalue weighted by Gasteiger charge is 2.23. The minimum Gasteiger partial charge on any atom is -0.495 e. The Morgan fingerprint density at radius 1 is 1.14 bits per heavy atom. The molecule has 0 aliphatic carbocycles. The van der Waals surface area contributed by atoms with Gasteiger partial charge in [0.2, 0.25) is 0 Å². The van der Waals surface area contributed by atoms with E-state index in [4.69, 9.17) is 21.1 Å². The van der Waals surface area contributed by atoms with E-state index in [0.29, 0.717) is 10.8 Å². The summed E-state index contributed by atoms with van der Waals surface area (Å²) in [5.41, 5.74) is 2.20. The van der Waals surface area contributed by atoms with Gasteiger partial charge in [-0.05, 0) is 17.7 Å². The van der Waals surface area contributed by atoms with Crippen LogP contribution < -0.4 is 14.8 Å². The lowest BCUT2D eigenvalue weighted by Crippen LogP contribution is -2.10. The van der Waals surface area contributed by atoms with Crippen molar-refractivity contribution in [3.63, 3.8) is 0 Å². The molecule has 0 saturated carbocycles. The SMILES string of the molecule is COc1cc(OC)c(NC2CSc3ccccc32)cc1Cl. The second kappa shape index (κ2) is 6.08. The molecule has 110 valence electrons. The van der Waals surface area contributed by atoms with Crippen molar-refractivity contribution in [2.45, 2.75) is 10.9 Å². The summed E-state index contributed by atoms with van der Waals surface area (Å²) >= 11 is 8.08. The van der Waals surface area contributed by atoms with Crippen LogP contribution >= 0.6 is 23.4 Å². The Kier molecular flexibility index (Phi) is 4.17. The van der Waals surface area contributed by atoms with E-state index in [1.165, 1.54) is 10.5 Å². The van der Waals surface area contributed by atoms with Crippen molar-refractivity contribution in [2.75, 3.05) is 25.3 Å². The Morgan fingerprint density at radius 2 is 1.90 bits per heavy atom. The molecule has 0 saturated heterocycles. The van der Waals surface area contributed by atoms with Gasteiger partial charge >= 0.3 is 0 Å². The largest absolute Gasteiger partial charge is 0.495 e. The number of hydrogen-bond donors (Lipinski definition) is 1. The lowest BCUT2D eigenvalue weighted by atomic mass is 10.1. The van der Waals surface area contributed by atoms with Gasteiger partial charge in [-0.15, -0.1) is 11.8 Å². The van der Waals surface area contributed by atoms with Gasteiger partial charge in [0.1, 0.15) is 11.5 Å². The number of fused-ring (bicyclic) bond motifs is 1. The van der Waals surface area contributed by atoms with Crippen molar-refractivity contribution < 1.29 is 9.47 Å². The number of hydrogen-bond acceptors (Lipinski definition) is 4. The number of halogens is 1. The Morgan fingerprint density at radius 3 is 2.67 bits per heavy atom. The van der Waals surface area contributed by atoms with Crippen LogP contribution in [-0.2, 0) is 0 Å². The van der Waals surface area contributed by atoms with Crippen LogP contribution in [0.5, 0.6) is 11.5 Å². The maximum atomic E-state index is 6.22. The lowest BCUT2D eigenvalue weighted by molar-refractivity contribution is 0.395. The van der Waals surface area contributed by atoms with Gasteiger partial charge in [-0.2, -0.15) is 0 Å². The fourth-order valence-electron chi connectivity index (χ4n) is 2.44. The highest BCUT2D eigenvalue weighted by molar-refractivity contribution is 7.99. The molecule has 0 amide bonds. The predicted octanol–water partition coefficient (Wildman–Crippen LogP) is 4.62. The van der Waals surface area contributed by atoms with E-state index in [1.807, 2.05) is 17.8 Å². The summed E-state index contributed by atoms with van der Waals surface area (Å²) in [6, 6.07) is 12.4. The van der Waals surface area contributed by atoms with Crippen molar-refractivity contribution in [3.8, 4) is 11.5 Å². The number of ether oxygens (including phenoxy) is 2. The summed E-state index contributed by atoms with van der Waals surface area (Å²) in [6.45, 7) is 0. The van der Waals surface area contributed by atoms with E-state index in [9.17, 15) is 0 Å². The second-order valence-electron chi connectivity index (χ2n) is 4.73. The predicted molar refractivity (Wildman–Crippen MR) is 88.1 cm³/mol. The molecule has 1 aliphatic heterocycles. The summed E-state index contributed by atoms with van der Waals surface area (Å²) in [5, 5.41) is 4.09. The Bertz CT molecular complexity index is 663. The Balaban J connectivity index is 1.91. The Hall–Kier alpha value is -1.52. The lowest BCUT2D eigenvalue weighted by Gasteiger charge is -2.18. The molecule has 3 rings (SSSR count). The summed E-state index contributed by atoms with van der Waals surface area (Å²) in [4.78, 5) is 1.33. The molecule has 1 heterocycles. The molecule has 0 bridgehead atoms. The summed E-state index contributed by atoms with van der Waals surface area (Å²) < 4.78 is 10.7. The molecule has 1 aliphatic rings. The van der Waals surface area contributed by atoms with E-state index in [0.717, 1.165) is 17.2 Å². The number of anilines is 1. The van der Waals surface area contributed by atoms with Crippen LogP contribution in [0.3, 0.4) is 0 Å². The average molecular weight is 322 g/mol. The number of nitrogens with one attached hydrogen (secondary N) is 1. The van der Waals surface area contributed by atoms with Gasteiger partial charge in [-0.1, -0.05) is 29.8 Å². The van der Waals surface area contributed by atoms with E-state index in [2.05, 4.69) is 29.6 Å². The molecular formula is C16H16ClNO2S. The summed E-state index contributed by atoms with van der Waals surface area (Å²) in [5.74, 6) is 2.33. The molecule has 0 radical (unpaired) electrons. The van der Waals surface area contributed by atoms with Crippen LogP contribution in [0.15, 0.2) is 41.3 Å². The molecule has 5 heteroatoms. The summed E-state index contributed by atoms with van der Waals surface area (Å²) in [7, 11) is 3.24. The molecule has 1 N–H and O–H groups in total. The van der Waals surface area contributed by atoms with Crippen molar-refractivity contribution in [1.29, 1.82) is 0 Å². The molecule has 0 spiro atoms. The number of benzene rings is 2. The van der Waals surface area contributed by atoms with Gasteiger partial charge < -0.3 is 14.8 Å². The van der Waals surface area contributed by atoms with Gasteiger partial charge in [0.25, 0.3) is 0 Å². The summed E-state index contributed by atoms with van der Waals surface area (Å²) in [6.07, 6.45) is 0. The van der Waals surface area contributed by atoms with Crippen LogP contribution in [0, 0.1) is 0 Å². The zero-order valence-electron chi connectivity index (χ0n) is 11.9. The molecule has 2 aromatic carbocycles. The van der Waals surface area contributed by atoms with E-state index < -0.39 is 0 Å². The van der Waals surface area contributed by atoms with E-state index in [1.54, 1.807) is 20.3 Å². The van der Waals surface area contributed by atoms with Crippen LogP contribution in [0.2, 0.25) is 5.02 Å². The fourth-order valence-corrected chi connectivity index (χ4v) is 3.84. The first-order chi connectivity index (χ1) is 10.2. The third-order valence-corrected chi connectivity index (χ3v) is 4.98. The van der Waals surface area contributed by atoms with Gasteiger partial charge in [0, 0.05) is 16.7 Å².